The van der Waals surface area contributed by atoms with Crippen LogP contribution < -0.4 is 5.43 Å². The summed E-state index contributed by atoms with van der Waals surface area (Å²) >= 11 is 6.97. The minimum atomic E-state index is -0.474. The maximum atomic E-state index is 13.5. The molecule has 0 saturated heterocycles. The van der Waals surface area contributed by atoms with E-state index in [1.54, 1.807) is 13.0 Å². The lowest BCUT2D eigenvalue weighted by Gasteiger charge is -1.99. The number of halogens is 2. The quantitative estimate of drug-likeness (QED) is 0.530. The molecule has 0 aliphatic carbocycles. The van der Waals surface area contributed by atoms with E-state index in [9.17, 15) is 9.18 Å². The predicted molar refractivity (Wildman–Crippen MR) is 80.8 cm³/mol. The monoisotopic (exact) mass is 327 g/mol. The number of carbonyl (C=O) groups is 1. The van der Waals surface area contributed by atoms with Gasteiger partial charge in [0.2, 0.25) is 5.13 Å². The Bertz CT molecular complexity index is 682. The molecule has 1 heterocycles. The van der Waals surface area contributed by atoms with Gasteiger partial charge in [0.1, 0.15) is 10.7 Å². The van der Waals surface area contributed by atoms with Gasteiger partial charge >= 0.3 is 5.97 Å². The van der Waals surface area contributed by atoms with Crippen molar-refractivity contribution in [1.29, 1.82) is 0 Å². The standard InChI is InChI=1S/C13H11ClFN3O2S/c1-7-11(12(19)20-2)21-13(17-7)18-16-6-8-9(14)4-3-5-10(8)15/h3-6H,1-2H3,(H,17,18)/b16-6+. The molecule has 0 atom stereocenters. The van der Waals surface area contributed by atoms with Crippen molar-refractivity contribution in [3.05, 3.63) is 45.2 Å². The molecule has 0 fully saturated rings. The van der Waals surface area contributed by atoms with Gasteiger partial charge in [0.05, 0.1) is 24.0 Å². The highest BCUT2D eigenvalue weighted by Gasteiger charge is 2.15. The van der Waals surface area contributed by atoms with Crippen LogP contribution in [0.4, 0.5) is 9.52 Å². The Balaban J connectivity index is 2.13. The molecule has 0 radical (unpaired) electrons. The van der Waals surface area contributed by atoms with E-state index in [0.717, 1.165) is 11.3 Å². The van der Waals surface area contributed by atoms with Gasteiger partial charge in [0.15, 0.2) is 0 Å². The molecule has 0 aliphatic rings. The van der Waals surface area contributed by atoms with Gasteiger partial charge < -0.3 is 4.74 Å². The fraction of sp³-hybridized carbons (Fsp3) is 0.154. The Morgan fingerprint density at radius 1 is 1.57 bits per heavy atom. The van der Waals surface area contributed by atoms with Crippen LogP contribution >= 0.6 is 22.9 Å². The molecule has 0 saturated carbocycles. The fourth-order valence-electron chi connectivity index (χ4n) is 1.51. The molecule has 5 nitrogen and oxygen atoms in total. The number of hydrogen-bond donors (Lipinski definition) is 1. The Morgan fingerprint density at radius 3 is 3.00 bits per heavy atom. The number of aromatic nitrogens is 1. The number of aryl methyl sites for hydroxylation is 1. The van der Waals surface area contributed by atoms with E-state index < -0.39 is 11.8 Å². The third-order valence-corrected chi connectivity index (χ3v) is 3.89. The van der Waals surface area contributed by atoms with Crippen LogP contribution in [0.5, 0.6) is 0 Å². The summed E-state index contributed by atoms with van der Waals surface area (Å²) in [4.78, 5) is 16.0. The van der Waals surface area contributed by atoms with Crippen molar-refractivity contribution in [2.24, 2.45) is 5.10 Å². The van der Waals surface area contributed by atoms with Crippen molar-refractivity contribution in [3.63, 3.8) is 0 Å². The molecule has 0 spiro atoms. The fourth-order valence-corrected chi connectivity index (χ4v) is 2.56. The Hall–Kier alpha value is -1.99. The zero-order valence-corrected chi connectivity index (χ0v) is 12.8. The van der Waals surface area contributed by atoms with Crippen molar-refractivity contribution in [3.8, 4) is 0 Å². The molecule has 21 heavy (non-hydrogen) atoms. The second kappa shape index (κ2) is 6.64. The van der Waals surface area contributed by atoms with Crippen LogP contribution in [-0.4, -0.2) is 24.3 Å². The summed E-state index contributed by atoms with van der Waals surface area (Å²) in [6.07, 6.45) is 1.26. The second-order valence-electron chi connectivity index (χ2n) is 3.93. The lowest BCUT2D eigenvalue weighted by Crippen LogP contribution is -1.99. The average molecular weight is 328 g/mol. The molecule has 0 bridgehead atoms. The van der Waals surface area contributed by atoms with Gasteiger partial charge in [-0.25, -0.2) is 14.2 Å². The zero-order valence-electron chi connectivity index (χ0n) is 11.2. The van der Waals surface area contributed by atoms with E-state index in [1.165, 1.54) is 25.5 Å². The molecular weight excluding hydrogens is 317 g/mol. The number of nitrogens with one attached hydrogen (secondary N) is 1. The van der Waals surface area contributed by atoms with Crippen molar-refractivity contribution in [1.82, 2.24) is 4.98 Å². The van der Waals surface area contributed by atoms with Crippen LogP contribution in [0.1, 0.15) is 20.9 Å². The SMILES string of the molecule is COC(=O)c1sc(N/N=C/c2c(F)cccc2Cl)nc1C. The molecule has 0 unspecified atom stereocenters. The van der Waals surface area contributed by atoms with Gasteiger partial charge in [0.25, 0.3) is 0 Å². The minimum Gasteiger partial charge on any atom is -0.465 e. The number of benzene rings is 1. The molecule has 2 aromatic rings. The van der Waals surface area contributed by atoms with E-state index in [4.69, 9.17) is 11.6 Å². The summed E-state index contributed by atoms with van der Waals surface area (Å²) in [7, 11) is 1.30. The van der Waals surface area contributed by atoms with Gasteiger partial charge in [-0.05, 0) is 19.1 Å². The maximum absolute atomic E-state index is 13.5. The largest absolute Gasteiger partial charge is 0.465 e. The average Bonchev–Trinajstić information content (AvgIpc) is 2.82. The highest BCUT2D eigenvalue weighted by Crippen LogP contribution is 2.23. The number of nitrogens with zero attached hydrogens (tertiary/aromatic N) is 2. The lowest BCUT2D eigenvalue weighted by molar-refractivity contribution is 0.0605. The normalized spacial score (nSPS) is 10.9. The van der Waals surface area contributed by atoms with Gasteiger partial charge in [0, 0.05) is 5.56 Å². The maximum Gasteiger partial charge on any atom is 0.350 e. The number of methoxy groups -OCH3 is 1. The summed E-state index contributed by atoms with van der Waals surface area (Å²) in [5.41, 5.74) is 3.34. The number of rotatable bonds is 4. The van der Waals surface area contributed by atoms with E-state index in [1.807, 2.05) is 0 Å². The third kappa shape index (κ3) is 3.56. The molecule has 1 aromatic carbocycles. The molecule has 8 heteroatoms. The molecule has 0 aliphatic heterocycles. The Labute approximate surface area is 129 Å². The van der Waals surface area contributed by atoms with Crippen LogP contribution in [0.3, 0.4) is 0 Å². The summed E-state index contributed by atoms with van der Waals surface area (Å²) in [6.45, 7) is 1.69. The third-order valence-electron chi connectivity index (χ3n) is 2.52. The zero-order chi connectivity index (χ0) is 15.4. The van der Waals surface area contributed by atoms with Gasteiger partial charge in [-0.3, -0.25) is 5.43 Å². The number of carbonyl (C=O) groups excluding carboxylic acids is 1. The number of thiazole rings is 1. The number of ether oxygens (including phenoxy) is 1. The number of hydrazone groups is 1. The summed E-state index contributed by atoms with van der Waals surface area (Å²) < 4.78 is 18.2. The Morgan fingerprint density at radius 2 is 2.33 bits per heavy atom. The number of anilines is 1. The smallest absolute Gasteiger partial charge is 0.350 e. The van der Waals surface area contributed by atoms with E-state index in [2.05, 4.69) is 20.2 Å². The van der Waals surface area contributed by atoms with E-state index in [0.29, 0.717) is 15.7 Å². The van der Waals surface area contributed by atoms with E-state index in [-0.39, 0.29) is 10.6 Å². The molecule has 110 valence electrons. The summed E-state index contributed by atoms with van der Waals surface area (Å²) in [5.74, 6) is -0.933. The molecule has 1 N–H and O–H groups in total. The first kappa shape index (κ1) is 15.4. The van der Waals surface area contributed by atoms with Crippen molar-refractivity contribution in [2.75, 3.05) is 12.5 Å². The van der Waals surface area contributed by atoms with Crippen LogP contribution in [0.25, 0.3) is 0 Å². The predicted octanol–water partition coefficient (Wildman–Crippen LogP) is 3.48. The van der Waals surface area contributed by atoms with Crippen molar-refractivity contribution >= 4 is 40.3 Å². The Kier molecular flexibility index (Phi) is 4.87. The first-order valence-electron chi connectivity index (χ1n) is 5.81. The number of hydrogen-bond acceptors (Lipinski definition) is 6. The molecular formula is C13H11ClFN3O2S. The highest BCUT2D eigenvalue weighted by molar-refractivity contribution is 7.17. The first-order valence-corrected chi connectivity index (χ1v) is 7.01. The van der Waals surface area contributed by atoms with Gasteiger partial charge in [-0.2, -0.15) is 5.10 Å². The van der Waals surface area contributed by atoms with Crippen LogP contribution in [0.2, 0.25) is 5.02 Å². The van der Waals surface area contributed by atoms with Crippen LogP contribution in [-0.2, 0) is 4.74 Å². The first-order chi connectivity index (χ1) is 10.0. The van der Waals surface area contributed by atoms with Crippen molar-refractivity contribution < 1.29 is 13.9 Å². The molecule has 0 amide bonds. The topological polar surface area (TPSA) is 63.6 Å². The van der Waals surface area contributed by atoms with Crippen LogP contribution in [0.15, 0.2) is 23.3 Å². The molecule has 1 aromatic heterocycles. The minimum absolute atomic E-state index is 0.174. The molecule has 2 rings (SSSR count). The second-order valence-corrected chi connectivity index (χ2v) is 5.34. The summed E-state index contributed by atoms with van der Waals surface area (Å²) in [5, 5.41) is 4.52. The highest BCUT2D eigenvalue weighted by atomic mass is 35.5. The van der Waals surface area contributed by atoms with Crippen molar-refractivity contribution in [2.45, 2.75) is 6.92 Å². The van der Waals surface area contributed by atoms with Gasteiger partial charge in [-0.15, -0.1) is 0 Å². The van der Waals surface area contributed by atoms with Gasteiger partial charge in [-0.1, -0.05) is 29.0 Å². The summed E-state index contributed by atoms with van der Waals surface area (Å²) in [6, 6.07) is 4.36. The lowest BCUT2D eigenvalue weighted by atomic mass is 10.2. The van der Waals surface area contributed by atoms with E-state index >= 15 is 0 Å². The number of esters is 1. The van der Waals surface area contributed by atoms with Crippen LogP contribution in [0, 0.1) is 12.7 Å².